The highest BCUT2D eigenvalue weighted by Crippen LogP contribution is 2.36. The van der Waals surface area contributed by atoms with Crippen LogP contribution in [-0.4, -0.2) is 60.0 Å². The fourth-order valence-corrected chi connectivity index (χ4v) is 3.86. The average molecular weight is 379 g/mol. The number of nitrogens with zero attached hydrogens (tertiary/aromatic N) is 4. The number of carbonyl (C=O) groups excluding carboxylic acids is 1. The first-order valence-electron chi connectivity index (χ1n) is 8.88. The van der Waals surface area contributed by atoms with Gasteiger partial charge in [-0.2, -0.15) is 18.3 Å². The van der Waals surface area contributed by atoms with Crippen LogP contribution in [0.15, 0.2) is 36.7 Å². The van der Waals surface area contributed by atoms with Crippen molar-refractivity contribution in [2.75, 3.05) is 42.5 Å². The molecule has 0 radical (unpaired) electrons. The summed E-state index contributed by atoms with van der Waals surface area (Å²) in [5.74, 6) is 0.231. The van der Waals surface area contributed by atoms with Gasteiger partial charge >= 0.3 is 12.2 Å². The Hall–Kier alpha value is -2.71. The Morgan fingerprint density at radius 1 is 1.19 bits per heavy atom. The zero-order valence-electron chi connectivity index (χ0n) is 14.6. The van der Waals surface area contributed by atoms with Gasteiger partial charge in [0.05, 0.1) is 17.6 Å². The molecule has 1 N–H and O–H groups in total. The van der Waals surface area contributed by atoms with Crippen LogP contribution in [0.4, 0.5) is 29.3 Å². The summed E-state index contributed by atoms with van der Waals surface area (Å²) in [6, 6.07) is 6.63. The predicted octanol–water partition coefficient (Wildman–Crippen LogP) is 3.21. The number of anilines is 2. The van der Waals surface area contributed by atoms with E-state index in [1.165, 1.54) is 4.90 Å². The topological polar surface area (TPSA) is 55.5 Å². The highest BCUT2D eigenvalue weighted by atomic mass is 19.4. The third-order valence-corrected chi connectivity index (χ3v) is 5.16. The number of hydrogen-bond donors (Lipinski definition) is 1. The second-order valence-corrected chi connectivity index (χ2v) is 6.92. The Bertz CT molecular complexity index is 808. The molecule has 2 aromatic rings. The summed E-state index contributed by atoms with van der Waals surface area (Å²) in [5, 5.41) is 6.75. The number of alkyl halides is 3. The monoisotopic (exact) mass is 379 g/mol. The molecule has 144 valence electrons. The summed E-state index contributed by atoms with van der Waals surface area (Å²) in [4.78, 5) is 17.7. The van der Waals surface area contributed by atoms with E-state index in [0.29, 0.717) is 24.5 Å². The third kappa shape index (κ3) is 3.58. The number of amides is 2. The summed E-state index contributed by atoms with van der Waals surface area (Å²) < 4.78 is 38.6. The van der Waals surface area contributed by atoms with Crippen molar-refractivity contribution in [3.05, 3.63) is 42.2 Å². The Morgan fingerprint density at radius 3 is 2.67 bits per heavy atom. The van der Waals surface area contributed by atoms with Crippen LogP contribution in [0.2, 0.25) is 0 Å². The molecular formula is C18H20F3N5O. The molecule has 1 unspecified atom stereocenters. The number of carbonyl (C=O) groups is 1. The molecule has 1 fully saturated rings. The van der Waals surface area contributed by atoms with E-state index in [2.05, 4.69) is 10.2 Å². The molecule has 9 heteroatoms. The first kappa shape index (κ1) is 17.7. The van der Waals surface area contributed by atoms with E-state index in [1.807, 2.05) is 6.20 Å². The van der Waals surface area contributed by atoms with Crippen LogP contribution in [-0.2, 0) is 0 Å². The van der Waals surface area contributed by atoms with Crippen molar-refractivity contribution in [2.45, 2.75) is 18.5 Å². The minimum atomic E-state index is -4.29. The SMILES string of the molecule is O=C(N1CCC(c2cn[nH]c2)C1)N1CCN(CC(F)(F)F)c2ccccc21. The lowest BCUT2D eigenvalue weighted by Crippen LogP contribution is -2.50. The maximum Gasteiger partial charge on any atom is 0.405 e. The fourth-order valence-electron chi connectivity index (χ4n) is 3.86. The second-order valence-electron chi connectivity index (χ2n) is 6.92. The number of likely N-dealkylation sites (tertiary alicyclic amines) is 1. The number of aromatic amines is 1. The highest BCUT2D eigenvalue weighted by Gasteiger charge is 2.37. The van der Waals surface area contributed by atoms with E-state index in [0.717, 1.165) is 12.0 Å². The molecule has 27 heavy (non-hydrogen) atoms. The van der Waals surface area contributed by atoms with E-state index < -0.39 is 12.7 Å². The first-order chi connectivity index (χ1) is 12.9. The average Bonchev–Trinajstić information content (AvgIpc) is 3.32. The molecule has 1 aromatic heterocycles. The van der Waals surface area contributed by atoms with Crippen molar-refractivity contribution in [3.63, 3.8) is 0 Å². The summed E-state index contributed by atoms with van der Waals surface area (Å²) >= 11 is 0. The van der Waals surface area contributed by atoms with Crippen LogP contribution < -0.4 is 9.80 Å². The van der Waals surface area contributed by atoms with Gasteiger partial charge in [-0.3, -0.25) is 10.00 Å². The summed E-state index contributed by atoms with van der Waals surface area (Å²) in [6.45, 7) is 0.585. The lowest BCUT2D eigenvalue weighted by atomic mass is 10.0. The predicted molar refractivity (Wildman–Crippen MR) is 95.0 cm³/mol. The highest BCUT2D eigenvalue weighted by molar-refractivity contribution is 5.97. The first-order valence-corrected chi connectivity index (χ1v) is 8.88. The van der Waals surface area contributed by atoms with Gasteiger partial charge < -0.3 is 9.80 Å². The number of para-hydroxylation sites is 2. The summed E-state index contributed by atoms with van der Waals surface area (Å²) in [5.41, 5.74) is 2.05. The lowest BCUT2D eigenvalue weighted by molar-refractivity contribution is -0.119. The van der Waals surface area contributed by atoms with E-state index in [9.17, 15) is 18.0 Å². The number of halogens is 3. The fraction of sp³-hybridized carbons (Fsp3) is 0.444. The van der Waals surface area contributed by atoms with Crippen molar-refractivity contribution < 1.29 is 18.0 Å². The molecule has 0 bridgehead atoms. The van der Waals surface area contributed by atoms with Crippen molar-refractivity contribution in [3.8, 4) is 0 Å². The van der Waals surface area contributed by atoms with Gasteiger partial charge in [0.2, 0.25) is 0 Å². The molecule has 2 aliphatic heterocycles. The minimum Gasteiger partial charge on any atom is -0.359 e. The molecule has 0 aliphatic carbocycles. The van der Waals surface area contributed by atoms with E-state index in [4.69, 9.17) is 0 Å². The molecule has 1 saturated heterocycles. The van der Waals surface area contributed by atoms with Gasteiger partial charge in [0.1, 0.15) is 6.54 Å². The lowest BCUT2D eigenvalue weighted by Gasteiger charge is -2.39. The molecule has 0 spiro atoms. The number of benzene rings is 1. The summed E-state index contributed by atoms with van der Waals surface area (Å²) in [6.07, 6.45) is 0.167. The second kappa shape index (κ2) is 6.79. The van der Waals surface area contributed by atoms with Crippen LogP contribution >= 0.6 is 0 Å². The van der Waals surface area contributed by atoms with Crippen molar-refractivity contribution in [1.29, 1.82) is 0 Å². The van der Waals surface area contributed by atoms with Crippen LogP contribution in [0.1, 0.15) is 17.9 Å². The smallest absolute Gasteiger partial charge is 0.359 e. The molecule has 6 nitrogen and oxygen atoms in total. The summed E-state index contributed by atoms with van der Waals surface area (Å²) in [7, 11) is 0. The third-order valence-electron chi connectivity index (χ3n) is 5.16. The van der Waals surface area contributed by atoms with Gasteiger partial charge in [-0.15, -0.1) is 0 Å². The molecule has 4 rings (SSSR count). The number of rotatable bonds is 2. The molecular weight excluding hydrogens is 359 g/mol. The van der Waals surface area contributed by atoms with Crippen LogP contribution in [0, 0.1) is 0 Å². The van der Waals surface area contributed by atoms with Gasteiger partial charge in [-0.05, 0) is 24.1 Å². The minimum absolute atomic E-state index is 0.153. The van der Waals surface area contributed by atoms with E-state index in [-0.39, 0.29) is 25.0 Å². The number of H-pyrrole nitrogens is 1. The maximum atomic E-state index is 13.1. The Kier molecular flexibility index (Phi) is 4.45. The largest absolute Gasteiger partial charge is 0.405 e. The van der Waals surface area contributed by atoms with Gasteiger partial charge in [-0.1, -0.05) is 12.1 Å². The zero-order chi connectivity index (χ0) is 19.0. The number of fused-ring (bicyclic) bond motifs is 1. The molecule has 1 aromatic carbocycles. The van der Waals surface area contributed by atoms with E-state index >= 15 is 0 Å². The Morgan fingerprint density at radius 2 is 1.96 bits per heavy atom. The van der Waals surface area contributed by atoms with Crippen molar-refractivity contribution in [1.82, 2.24) is 15.1 Å². The Labute approximate surface area is 154 Å². The van der Waals surface area contributed by atoms with Crippen LogP contribution in [0.25, 0.3) is 0 Å². The van der Waals surface area contributed by atoms with Gasteiger partial charge in [0.25, 0.3) is 0 Å². The van der Waals surface area contributed by atoms with Crippen LogP contribution in [0.5, 0.6) is 0 Å². The zero-order valence-corrected chi connectivity index (χ0v) is 14.6. The number of nitrogens with one attached hydrogen (secondary N) is 1. The van der Waals surface area contributed by atoms with Crippen molar-refractivity contribution >= 4 is 17.4 Å². The quantitative estimate of drug-likeness (QED) is 0.872. The standard InChI is InChI=1S/C18H20F3N5O/c19-18(20,21)12-25-7-8-26(16-4-2-1-3-15(16)25)17(27)24-6-5-13(11-24)14-9-22-23-10-14/h1-4,9-10,13H,5-8,11-12H2,(H,22,23). The Balaban J connectivity index is 1.52. The molecule has 2 aliphatic rings. The van der Waals surface area contributed by atoms with Crippen molar-refractivity contribution in [2.24, 2.45) is 0 Å². The van der Waals surface area contributed by atoms with E-state index in [1.54, 1.807) is 40.3 Å². The van der Waals surface area contributed by atoms with Gasteiger partial charge in [0, 0.05) is 38.3 Å². The number of urea groups is 1. The normalized spacial score (nSPS) is 20.1. The number of aromatic nitrogens is 2. The molecule has 2 amide bonds. The van der Waals surface area contributed by atoms with Crippen LogP contribution in [0.3, 0.4) is 0 Å². The molecule has 0 saturated carbocycles. The number of hydrogen-bond acceptors (Lipinski definition) is 3. The van der Waals surface area contributed by atoms with Gasteiger partial charge in [-0.25, -0.2) is 4.79 Å². The maximum absolute atomic E-state index is 13.1. The van der Waals surface area contributed by atoms with Gasteiger partial charge in [0.15, 0.2) is 0 Å². The molecule has 3 heterocycles. The molecule has 1 atom stereocenters.